The van der Waals surface area contributed by atoms with Gasteiger partial charge in [0.1, 0.15) is 18.6 Å². The highest BCUT2D eigenvalue weighted by Gasteiger charge is 2.11. The van der Waals surface area contributed by atoms with E-state index in [1.165, 1.54) is 6.26 Å². The van der Waals surface area contributed by atoms with Gasteiger partial charge in [0.25, 0.3) is 0 Å². The quantitative estimate of drug-likeness (QED) is 0.755. The first-order valence-corrected chi connectivity index (χ1v) is 7.20. The average molecular weight is 311 g/mol. The van der Waals surface area contributed by atoms with E-state index in [9.17, 15) is 0 Å². The highest BCUT2D eigenvalue weighted by molar-refractivity contribution is 5.60. The second-order valence-corrected chi connectivity index (χ2v) is 4.94. The lowest BCUT2D eigenvalue weighted by atomic mass is 10.2. The topological polar surface area (TPSA) is 64.7 Å². The van der Waals surface area contributed by atoms with Gasteiger partial charge in [0.05, 0.1) is 13.7 Å². The number of oxazole rings is 1. The maximum atomic E-state index is 9.08. The molecule has 0 aliphatic carbocycles. The van der Waals surface area contributed by atoms with Gasteiger partial charge in [-0.3, -0.25) is 0 Å². The SMILES string of the molecule is COc1ccc(-c2nc(CO)co2)cc1OCc1ccccc1. The molecule has 118 valence electrons. The van der Waals surface area contributed by atoms with Crippen molar-refractivity contribution in [1.82, 2.24) is 4.98 Å². The van der Waals surface area contributed by atoms with Crippen LogP contribution in [0.4, 0.5) is 0 Å². The normalized spacial score (nSPS) is 10.5. The third-order valence-corrected chi connectivity index (χ3v) is 3.36. The largest absolute Gasteiger partial charge is 0.493 e. The number of aromatic nitrogens is 1. The van der Waals surface area contributed by atoms with Crippen LogP contribution in [0.2, 0.25) is 0 Å². The summed E-state index contributed by atoms with van der Waals surface area (Å²) in [5.74, 6) is 1.68. The van der Waals surface area contributed by atoms with Crippen molar-refractivity contribution in [2.75, 3.05) is 7.11 Å². The van der Waals surface area contributed by atoms with Gasteiger partial charge in [-0.2, -0.15) is 0 Å². The summed E-state index contributed by atoms with van der Waals surface area (Å²) in [6, 6.07) is 15.3. The van der Waals surface area contributed by atoms with Crippen LogP contribution in [-0.4, -0.2) is 17.2 Å². The van der Waals surface area contributed by atoms with Crippen molar-refractivity contribution in [1.29, 1.82) is 0 Å². The molecule has 3 aromatic rings. The molecular weight excluding hydrogens is 294 g/mol. The van der Waals surface area contributed by atoms with Crippen molar-refractivity contribution in [3.8, 4) is 23.0 Å². The van der Waals surface area contributed by atoms with Crippen molar-refractivity contribution in [3.05, 3.63) is 66.1 Å². The third-order valence-electron chi connectivity index (χ3n) is 3.36. The van der Waals surface area contributed by atoms with Crippen LogP contribution in [0.15, 0.2) is 59.2 Å². The Morgan fingerprint density at radius 1 is 1.09 bits per heavy atom. The number of benzene rings is 2. The van der Waals surface area contributed by atoms with Crippen LogP contribution in [0.5, 0.6) is 11.5 Å². The van der Waals surface area contributed by atoms with E-state index >= 15 is 0 Å². The summed E-state index contributed by atoms with van der Waals surface area (Å²) in [5, 5.41) is 9.08. The van der Waals surface area contributed by atoms with Crippen molar-refractivity contribution < 1.29 is 19.0 Å². The Kier molecular flexibility index (Phi) is 4.59. The molecule has 0 atom stereocenters. The molecule has 0 saturated heterocycles. The molecule has 5 nitrogen and oxygen atoms in total. The van der Waals surface area contributed by atoms with Gasteiger partial charge in [-0.25, -0.2) is 4.98 Å². The van der Waals surface area contributed by atoms with E-state index in [0.29, 0.717) is 29.7 Å². The van der Waals surface area contributed by atoms with Crippen molar-refractivity contribution in [3.63, 3.8) is 0 Å². The molecule has 3 rings (SSSR count). The van der Waals surface area contributed by atoms with E-state index in [1.54, 1.807) is 13.2 Å². The molecule has 2 aromatic carbocycles. The second kappa shape index (κ2) is 6.98. The zero-order chi connectivity index (χ0) is 16.1. The predicted octanol–water partition coefficient (Wildman–Crippen LogP) is 3.42. The molecule has 0 aliphatic heterocycles. The summed E-state index contributed by atoms with van der Waals surface area (Å²) in [5.41, 5.74) is 2.31. The maximum absolute atomic E-state index is 9.08. The van der Waals surface area contributed by atoms with Gasteiger partial charge in [-0.1, -0.05) is 30.3 Å². The lowest BCUT2D eigenvalue weighted by Gasteiger charge is -2.11. The molecule has 1 aromatic heterocycles. The van der Waals surface area contributed by atoms with E-state index in [0.717, 1.165) is 11.1 Å². The van der Waals surface area contributed by atoms with E-state index in [4.69, 9.17) is 19.0 Å². The number of ether oxygens (including phenoxy) is 2. The minimum atomic E-state index is -0.156. The molecule has 1 heterocycles. The van der Waals surface area contributed by atoms with Gasteiger partial charge in [0, 0.05) is 5.56 Å². The van der Waals surface area contributed by atoms with Crippen molar-refractivity contribution in [2.24, 2.45) is 0 Å². The van der Waals surface area contributed by atoms with E-state index in [1.807, 2.05) is 42.5 Å². The molecule has 23 heavy (non-hydrogen) atoms. The summed E-state index contributed by atoms with van der Waals surface area (Å²) in [6.07, 6.45) is 1.43. The fourth-order valence-corrected chi connectivity index (χ4v) is 2.17. The van der Waals surface area contributed by atoms with Crippen molar-refractivity contribution >= 4 is 0 Å². The second-order valence-electron chi connectivity index (χ2n) is 4.94. The average Bonchev–Trinajstić information content (AvgIpc) is 3.10. The molecule has 0 radical (unpaired) electrons. The van der Waals surface area contributed by atoms with Crippen LogP contribution in [-0.2, 0) is 13.2 Å². The van der Waals surface area contributed by atoms with Gasteiger partial charge < -0.3 is 19.0 Å². The van der Waals surface area contributed by atoms with Crippen LogP contribution in [0.3, 0.4) is 0 Å². The predicted molar refractivity (Wildman–Crippen MR) is 85.2 cm³/mol. The summed E-state index contributed by atoms with van der Waals surface area (Å²) in [4.78, 5) is 4.20. The molecule has 0 fully saturated rings. The summed E-state index contributed by atoms with van der Waals surface area (Å²) < 4.78 is 16.6. The number of rotatable bonds is 6. The Labute approximate surface area is 134 Å². The first-order valence-electron chi connectivity index (χ1n) is 7.20. The summed E-state index contributed by atoms with van der Waals surface area (Å²) in [7, 11) is 1.60. The molecule has 0 amide bonds. The van der Waals surface area contributed by atoms with Crippen LogP contribution < -0.4 is 9.47 Å². The molecule has 0 unspecified atom stereocenters. The lowest BCUT2D eigenvalue weighted by Crippen LogP contribution is -1.98. The van der Waals surface area contributed by atoms with E-state index < -0.39 is 0 Å². The standard InChI is InChI=1S/C18H17NO4/c1-21-16-8-7-14(18-19-15(10-20)12-23-18)9-17(16)22-11-13-5-3-2-4-6-13/h2-9,12,20H,10-11H2,1H3. The molecule has 1 N–H and O–H groups in total. The Morgan fingerprint density at radius 2 is 1.91 bits per heavy atom. The van der Waals surface area contributed by atoms with Gasteiger partial charge in [0.15, 0.2) is 11.5 Å². The molecule has 0 bridgehead atoms. The summed E-state index contributed by atoms with van der Waals surface area (Å²) >= 11 is 0. The fraction of sp³-hybridized carbons (Fsp3) is 0.167. The number of methoxy groups -OCH3 is 1. The summed E-state index contributed by atoms with van der Waals surface area (Å²) in [6.45, 7) is 0.283. The van der Waals surface area contributed by atoms with Crippen molar-refractivity contribution in [2.45, 2.75) is 13.2 Å². The highest BCUT2D eigenvalue weighted by Crippen LogP contribution is 2.32. The Hall–Kier alpha value is -2.79. The zero-order valence-corrected chi connectivity index (χ0v) is 12.7. The Bertz CT molecular complexity index is 768. The fourth-order valence-electron chi connectivity index (χ4n) is 2.17. The number of aliphatic hydroxyl groups is 1. The van der Waals surface area contributed by atoms with Crippen LogP contribution in [0.1, 0.15) is 11.3 Å². The van der Waals surface area contributed by atoms with E-state index in [-0.39, 0.29) is 6.61 Å². The smallest absolute Gasteiger partial charge is 0.226 e. The molecule has 0 spiro atoms. The zero-order valence-electron chi connectivity index (χ0n) is 12.7. The first kappa shape index (κ1) is 15.1. The van der Waals surface area contributed by atoms with Gasteiger partial charge >= 0.3 is 0 Å². The molecule has 0 saturated carbocycles. The van der Waals surface area contributed by atoms with Crippen LogP contribution >= 0.6 is 0 Å². The molecular formula is C18H17NO4. The highest BCUT2D eigenvalue weighted by atomic mass is 16.5. The number of aliphatic hydroxyl groups excluding tert-OH is 1. The minimum absolute atomic E-state index is 0.156. The maximum Gasteiger partial charge on any atom is 0.226 e. The lowest BCUT2D eigenvalue weighted by molar-refractivity contribution is 0.276. The Morgan fingerprint density at radius 3 is 2.61 bits per heavy atom. The van der Waals surface area contributed by atoms with Gasteiger partial charge in [0.2, 0.25) is 5.89 Å². The van der Waals surface area contributed by atoms with Crippen LogP contribution in [0, 0.1) is 0 Å². The minimum Gasteiger partial charge on any atom is -0.493 e. The molecule has 5 heteroatoms. The van der Waals surface area contributed by atoms with Gasteiger partial charge in [-0.05, 0) is 23.8 Å². The molecule has 0 aliphatic rings. The monoisotopic (exact) mass is 311 g/mol. The van der Waals surface area contributed by atoms with Crippen LogP contribution in [0.25, 0.3) is 11.5 Å². The van der Waals surface area contributed by atoms with Gasteiger partial charge in [-0.15, -0.1) is 0 Å². The number of hydrogen-bond acceptors (Lipinski definition) is 5. The van der Waals surface area contributed by atoms with E-state index in [2.05, 4.69) is 4.98 Å². The number of hydrogen-bond donors (Lipinski definition) is 1. The first-order chi connectivity index (χ1) is 11.3. The Balaban J connectivity index is 1.84. The number of nitrogens with zero attached hydrogens (tertiary/aromatic N) is 1. The third kappa shape index (κ3) is 3.52.